The first kappa shape index (κ1) is 15.0. The van der Waals surface area contributed by atoms with Crippen LogP contribution in [0.3, 0.4) is 0 Å². The fourth-order valence-corrected chi connectivity index (χ4v) is 1.92. The molecule has 0 aromatic heterocycles. The highest BCUT2D eigenvalue weighted by atomic mass is 16.3. The van der Waals surface area contributed by atoms with E-state index in [9.17, 15) is 5.11 Å². The van der Waals surface area contributed by atoms with Crippen molar-refractivity contribution in [2.75, 3.05) is 19.3 Å². The summed E-state index contributed by atoms with van der Waals surface area (Å²) in [5, 5.41) is 10.2. The summed E-state index contributed by atoms with van der Waals surface area (Å²) in [7, 11) is 2.05. The van der Waals surface area contributed by atoms with Crippen molar-refractivity contribution in [2.45, 2.75) is 39.8 Å². The first-order valence-electron chi connectivity index (χ1n) is 6.45. The molecule has 1 rings (SSSR count). The molecule has 0 saturated heterocycles. The summed E-state index contributed by atoms with van der Waals surface area (Å²) in [6, 6.07) is 7.82. The molecular formula is C15H26N2O. The normalized spacial score (nSPS) is 15.7. The van der Waals surface area contributed by atoms with Gasteiger partial charge < -0.3 is 15.7 Å². The molecule has 0 fully saturated rings. The molecule has 0 radical (unpaired) electrons. The Hall–Kier alpha value is -1.06. The number of nitrogens with two attached hydrogens (primary N) is 1. The van der Waals surface area contributed by atoms with Crippen molar-refractivity contribution in [3.8, 4) is 0 Å². The third-order valence-electron chi connectivity index (χ3n) is 3.70. The van der Waals surface area contributed by atoms with E-state index in [1.165, 1.54) is 0 Å². The van der Waals surface area contributed by atoms with Crippen LogP contribution in [0.25, 0.3) is 0 Å². The fraction of sp³-hybridized carbons (Fsp3) is 0.600. The van der Waals surface area contributed by atoms with Crippen LogP contribution in [0.4, 0.5) is 5.69 Å². The molecular weight excluding hydrogens is 224 g/mol. The molecule has 0 saturated carbocycles. The van der Waals surface area contributed by atoms with Crippen LogP contribution in [0.5, 0.6) is 0 Å². The van der Waals surface area contributed by atoms with Crippen molar-refractivity contribution in [3.63, 3.8) is 0 Å². The summed E-state index contributed by atoms with van der Waals surface area (Å²) < 4.78 is 0. The van der Waals surface area contributed by atoms with Crippen molar-refractivity contribution in [1.29, 1.82) is 0 Å². The molecule has 1 aromatic carbocycles. The third-order valence-corrected chi connectivity index (χ3v) is 3.70. The van der Waals surface area contributed by atoms with Crippen LogP contribution in [0.2, 0.25) is 0 Å². The van der Waals surface area contributed by atoms with Crippen molar-refractivity contribution in [2.24, 2.45) is 5.41 Å². The predicted molar refractivity (Wildman–Crippen MR) is 77.4 cm³/mol. The number of nitrogens with zero attached hydrogens (tertiary/aromatic N) is 1. The molecule has 2 unspecified atom stereocenters. The van der Waals surface area contributed by atoms with Gasteiger partial charge in [0.05, 0.1) is 6.10 Å². The van der Waals surface area contributed by atoms with E-state index in [-0.39, 0.29) is 5.41 Å². The van der Waals surface area contributed by atoms with Crippen molar-refractivity contribution < 1.29 is 5.11 Å². The second-order valence-corrected chi connectivity index (χ2v) is 6.16. The number of aliphatic hydroxyl groups excluding tert-OH is 1. The highest BCUT2D eigenvalue weighted by Crippen LogP contribution is 2.25. The molecule has 0 bridgehead atoms. The monoisotopic (exact) mass is 250 g/mol. The molecule has 102 valence electrons. The van der Waals surface area contributed by atoms with Gasteiger partial charge >= 0.3 is 0 Å². The zero-order chi connectivity index (χ0) is 13.9. The molecule has 1 aromatic rings. The average Bonchev–Trinajstić information content (AvgIpc) is 2.27. The lowest BCUT2D eigenvalue weighted by Crippen LogP contribution is -2.41. The van der Waals surface area contributed by atoms with Gasteiger partial charge in [-0.25, -0.2) is 0 Å². The van der Waals surface area contributed by atoms with E-state index in [1.54, 1.807) is 0 Å². The molecule has 0 amide bonds. The van der Waals surface area contributed by atoms with E-state index >= 15 is 0 Å². The van der Waals surface area contributed by atoms with Crippen LogP contribution in [0.1, 0.15) is 39.4 Å². The first-order chi connectivity index (χ1) is 8.21. The maximum atomic E-state index is 10.2. The van der Waals surface area contributed by atoms with Crippen LogP contribution in [0, 0.1) is 5.41 Å². The predicted octanol–water partition coefficient (Wildman–Crippen LogP) is 2.67. The second kappa shape index (κ2) is 5.72. The Labute approximate surface area is 111 Å². The second-order valence-electron chi connectivity index (χ2n) is 6.16. The van der Waals surface area contributed by atoms with Gasteiger partial charge in [-0.15, -0.1) is 0 Å². The maximum Gasteiger partial charge on any atom is 0.0916 e. The Morgan fingerprint density at radius 3 is 2.17 bits per heavy atom. The van der Waals surface area contributed by atoms with Gasteiger partial charge in [-0.05, 0) is 37.1 Å². The number of hydrogen-bond donors (Lipinski definition) is 2. The summed E-state index contributed by atoms with van der Waals surface area (Å²) in [6.45, 7) is 9.45. The van der Waals surface area contributed by atoms with E-state index in [0.717, 1.165) is 11.3 Å². The fourth-order valence-electron chi connectivity index (χ4n) is 1.92. The van der Waals surface area contributed by atoms with Crippen LogP contribution >= 0.6 is 0 Å². The summed E-state index contributed by atoms with van der Waals surface area (Å²) in [5.41, 5.74) is 7.48. The molecule has 0 spiro atoms. The largest absolute Gasteiger partial charge is 0.399 e. The number of anilines is 1. The Morgan fingerprint density at radius 2 is 1.72 bits per heavy atom. The minimum atomic E-state index is -0.472. The smallest absolute Gasteiger partial charge is 0.0916 e. The Morgan fingerprint density at radius 1 is 1.22 bits per heavy atom. The molecule has 2 atom stereocenters. The number of nitrogen functional groups attached to an aromatic ring is 1. The number of likely N-dealkylation sites (N-methyl/N-ethyl adjacent to an activating group) is 1. The summed E-state index contributed by atoms with van der Waals surface area (Å²) in [4.78, 5) is 2.20. The SMILES string of the molecule is CC(N(C)CC(O)c1ccc(N)cc1)C(C)(C)C. The van der Waals surface area contributed by atoms with Gasteiger partial charge in [-0.1, -0.05) is 32.9 Å². The summed E-state index contributed by atoms with van der Waals surface area (Å²) in [6.07, 6.45) is -0.472. The molecule has 3 heteroatoms. The molecule has 0 aliphatic rings. The van der Waals surface area contributed by atoms with E-state index in [1.807, 2.05) is 24.3 Å². The zero-order valence-electron chi connectivity index (χ0n) is 12.1. The van der Waals surface area contributed by atoms with Crippen LogP contribution in [-0.2, 0) is 0 Å². The van der Waals surface area contributed by atoms with E-state index < -0.39 is 6.10 Å². The van der Waals surface area contributed by atoms with E-state index in [4.69, 9.17) is 5.73 Å². The lowest BCUT2D eigenvalue weighted by Gasteiger charge is -2.36. The first-order valence-corrected chi connectivity index (χ1v) is 6.45. The van der Waals surface area contributed by atoms with Gasteiger partial charge in [0.25, 0.3) is 0 Å². The van der Waals surface area contributed by atoms with Gasteiger partial charge in [0.15, 0.2) is 0 Å². The van der Waals surface area contributed by atoms with Crippen LogP contribution < -0.4 is 5.73 Å². The Kier molecular flexibility index (Phi) is 4.77. The molecule has 0 aliphatic carbocycles. The minimum absolute atomic E-state index is 0.204. The zero-order valence-corrected chi connectivity index (χ0v) is 12.1. The van der Waals surface area contributed by atoms with Gasteiger partial charge in [0.1, 0.15) is 0 Å². The van der Waals surface area contributed by atoms with Crippen molar-refractivity contribution in [1.82, 2.24) is 4.90 Å². The van der Waals surface area contributed by atoms with E-state index in [0.29, 0.717) is 12.6 Å². The van der Waals surface area contributed by atoms with Gasteiger partial charge in [-0.2, -0.15) is 0 Å². The van der Waals surface area contributed by atoms with Gasteiger partial charge in [0.2, 0.25) is 0 Å². The highest BCUT2D eigenvalue weighted by Gasteiger charge is 2.25. The Bertz CT molecular complexity index is 367. The van der Waals surface area contributed by atoms with Crippen molar-refractivity contribution >= 4 is 5.69 Å². The third kappa shape index (κ3) is 4.00. The molecule has 0 heterocycles. The van der Waals surface area contributed by atoms with Gasteiger partial charge in [-0.3, -0.25) is 0 Å². The van der Waals surface area contributed by atoms with E-state index in [2.05, 4.69) is 39.6 Å². The maximum absolute atomic E-state index is 10.2. The average molecular weight is 250 g/mol. The number of rotatable bonds is 4. The molecule has 0 aliphatic heterocycles. The molecule has 3 nitrogen and oxygen atoms in total. The molecule has 3 N–H and O–H groups in total. The number of hydrogen-bond acceptors (Lipinski definition) is 3. The number of aliphatic hydroxyl groups is 1. The Balaban J connectivity index is 2.64. The topological polar surface area (TPSA) is 49.5 Å². The standard InChI is InChI=1S/C15H26N2O/c1-11(15(2,3)4)17(5)10-14(18)12-6-8-13(16)9-7-12/h6-9,11,14,18H,10,16H2,1-5H3. The van der Waals surface area contributed by atoms with Crippen LogP contribution in [-0.4, -0.2) is 29.6 Å². The lowest BCUT2D eigenvalue weighted by atomic mass is 9.87. The van der Waals surface area contributed by atoms with Crippen molar-refractivity contribution in [3.05, 3.63) is 29.8 Å². The van der Waals surface area contributed by atoms with Crippen LogP contribution in [0.15, 0.2) is 24.3 Å². The molecule has 18 heavy (non-hydrogen) atoms. The number of benzene rings is 1. The minimum Gasteiger partial charge on any atom is -0.399 e. The van der Waals surface area contributed by atoms with Gasteiger partial charge in [0, 0.05) is 18.3 Å². The highest BCUT2D eigenvalue weighted by molar-refractivity contribution is 5.39. The summed E-state index contributed by atoms with van der Waals surface area (Å²) in [5.74, 6) is 0. The quantitative estimate of drug-likeness (QED) is 0.808. The summed E-state index contributed by atoms with van der Waals surface area (Å²) >= 11 is 0. The lowest BCUT2D eigenvalue weighted by molar-refractivity contribution is 0.0715.